The topological polar surface area (TPSA) is 130 Å². The van der Waals surface area contributed by atoms with Gasteiger partial charge < -0.3 is 16.2 Å². The molecule has 27 heavy (non-hydrogen) atoms. The molecule has 9 heteroatoms. The van der Waals surface area contributed by atoms with E-state index in [9.17, 15) is 4.79 Å². The minimum atomic E-state index is -0.535. The zero-order valence-electron chi connectivity index (χ0n) is 14.8. The van der Waals surface area contributed by atoms with Crippen molar-refractivity contribution in [2.45, 2.75) is 30.4 Å². The Bertz CT molecular complexity index is 975. The van der Waals surface area contributed by atoms with E-state index in [0.29, 0.717) is 10.6 Å². The minimum Gasteiger partial charge on any atom is -0.454 e. The average Bonchev–Trinajstić information content (AvgIpc) is 2.62. The van der Waals surface area contributed by atoms with Crippen molar-refractivity contribution in [3.8, 4) is 0 Å². The number of hydrogen-bond acceptors (Lipinski definition) is 9. The molecule has 0 unspecified atom stereocenters. The molecule has 3 aromatic rings. The van der Waals surface area contributed by atoms with Crippen LogP contribution in [-0.2, 0) is 11.3 Å². The molecule has 2 heterocycles. The van der Waals surface area contributed by atoms with Crippen molar-refractivity contribution in [2.24, 2.45) is 0 Å². The van der Waals surface area contributed by atoms with E-state index in [-0.39, 0.29) is 24.3 Å². The van der Waals surface area contributed by atoms with Crippen LogP contribution in [0.3, 0.4) is 0 Å². The highest BCUT2D eigenvalue weighted by Crippen LogP contribution is 2.30. The summed E-state index contributed by atoms with van der Waals surface area (Å²) in [6.07, 6.45) is 1.63. The summed E-state index contributed by atoms with van der Waals surface area (Å²) in [5, 5.41) is 0.556. The number of rotatable bonds is 5. The third-order valence-corrected chi connectivity index (χ3v) is 4.74. The normalized spacial score (nSPS) is 10.6. The van der Waals surface area contributed by atoms with Gasteiger partial charge >= 0.3 is 5.97 Å². The van der Waals surface area contributed by atoms with Gasteiger partial charge in [0.15, 0.2) is 12.4 Å². The lowest BCUT2D eigenvalue weighted by Gasteiger charge is -2.09. The van der Waals surface area contributed by atoms with Crippen LogP contribution in [0.1, 0.15) is 27.3 Å². The first-order valence-corrected chi connectivity index (χ1v) is 8.87. The van der Waals surface area contributed by atoms with E-state index in [2.05, 4.69) is 26.0 Å². The van der Waals surface area contributed by atoms with Gasteiger partial charge in [-0.25, -0.2) is 9.78 Å². The lowest BCUT2D eigenvalue weighted by atomic mass is 10.1. The Morgan fingerprint density at radius 1 is 1.07 bits per heavy atom. The van der Waals surface area contributed by atoms with E-state index < -0.39 is 5.97 Å². The number of nitrogens with two attached hydrogens (primary N) is 2. The second-order valence-corrected chi connectivity index (χ2v) is 6.81. The molecule has 2 aromatic heterocycles. The molecule has 0 aliphatic heterocycles. The van der Waals surface area contributed by atoms with Crippen molar-refractivity contribution in [2.75, 3.05) is 11.5 Å². The first kappa shape index (κ1) is 18.6. The number of benzene rings is 1. The van der Waals surface area contributed by atoms with Crippen molar-refractivity contribution in [3.63, 3.8) is 0 Å². The van der Waals surface area contributed by atoms with Crippen LogP contribution in [0.5, 0.6) is 0 Å². The monoisotopic (exact) mass is 382 g/mol. The number of anilines is 2. The summed E-state index contributed by atoms with van der Waals surface area (Å²) in [5.74, 6) is -0.408. The van der Waals surface area contributed by atoms with Crippen molar-refractivity contribution in [1.29, 1.82) is 0 Å². The van der Waals surface area contributed by atoms with Crippen molar-refractivity contribution < 1.29 is 9.53 Å². The van der Waals surface area contributed by atoms with Gasteiger partial charge in [-0.1, -0.05) is 17.8 Å². The van der Waals surface area contributed by atoms with Crippen LogP contribution in [0.25, 0.3) is 0 Å². The molecular weight excluding hydrogens is 364 g/mol. The van der Waals surface area contributed by atoms with Gasteiger partial charge in [-0.05, 0) is 49.2 Å². The van der Waals surface area contributed by atoms with E-state index in [1.165, 1.54) is 22.9 Å². The number of esters is 1. The van der Waals surface area contributed by atoms with E-state index in [1.54, 1.807) is 18.3 Å². The molecule has 8 nitrogen and oxygen atoms in total. The molecule has 0 fully saturated rings. The van der Waals surface area contributed by atoms with Gasteiger partial charge in [-0.3, -0.25) is 0 Å². The molecule has 1 aromatic carbocycles. The summed E-state index contributed by atoms with van der Waals surface area (Å²) in [6, 6.07) is 9.43. The van der Waals surface area contributed by atoms with Crippen LogP contribution in [0.15, 0.2) is 46.5 Å². The van der Waals surface area contributed by atoms with Crippen molar-refractivity contribution in [3.05, 3.63) is 59.0 Å². The van der Waals surface area contributed by atoms with E-state index in [0.717, 1.165) is 4.90 Å². The summed E-state index contributed by atoms with van der Waals surface area (Å²) in [6.45, 7) is 3.92. The highest BCUT2D eigenvalue weighted by atomic mass is 32.2. The maximum absolute atomic E-state index is 12.5. The van der Waals surface area contributed by atoms with Crippen molar-refractivity contribution >= 4 is 29.6 Å². The molecule has 0 aliphatic carbocycles. The van der Waals surface area contributed by atoms with Gasteiger partial charge in [0.25, 0.3) is 0 Å². The number of aryl methyl sites for hydroxylation is 2. The van der Waals surface area contributed by atoms with Gasteiger partial charge in [-0.2, -0.15) is 15.0 Å². The lowest BCUT2D eigenvalue weighted by Crippen LogP contribution is -2.12. The van der Waals surface area contributed by atoms with E-state index in [1.807, 2.05) is 26.0 Å². The Labute approximate surface area is 160 Å². The molecule has 138 valence electrons. The van der Waals surface area contributed by atoms with Crippen molar-refractivity contribution in [1.82, 2.24) is 19.9 Å². The fourth-order valence-corrected chi connectivity index (χ4v) is 3.22. The maximum Gasteiger partial charge on any atom is 0.341 e. The van der Waals surface area contributed by atoms with Gasteiger partial charge in [0.05, 0.1) is 5.56 Å². The largest absolute Gasteiger partial charge is 0.454 e. The summed E-state index contributed by atoms with van der Waals surface area (Å²) >= 11 is 1.40. The third-order valence-electron chi connectivity index (χ3n) is 3.73. The first-order valence-electron chi connectivity index (χ1n) is 8.05. The van der Waals surface area contributed by atoms with Gasteiger partial charge in [0.2, 0.25) is 11.9 Å². The predicted molar refractivity (Wildman–Crippen MR) is 102 cm³/mol. The Kier molecular flexibility index (Phi) is 5.51. The van der Waals surface area contributed by atoms with Crippen LogP contribution in [-0.4, -0.2) is 25.9 Å². The number of aromatic nitrogens is 4. The molecular formula is C18H18N6O2S. The summed E-state index contributed by atoms with van der Waals surface area (Å²) in [7, 11) is 0. The van der Waals surface area contributed by atoms with Gasteiger partial charge in [0.1, 0.15) is 5.03 Å². The summed E-state index contributed by atoms with van der Waals surface area (Å²) < 4.78 is 5.29. The average molecular weight is 382 g/mol. The van der Waals surface area contributed by atoms with Gasteiger partial charge in [0, 0.05) is 11.1 Å². The Morgan fingerprint density at radius 2 is 1.81 bits per heavy atom. The number of ether oxygens (including phenoxy) is 1. The number of carbonyl (C=O) groups excluding carboxylic acids is 1. The van der Waals surface area contributed by atoms with Crippen LogP contribution in [0, 0.1) is 13.8 Å². The third kappa shape index (κ3) is 4.70. The number of pyridine rings is 1. The molecule has 0 spiro atoms. The first-order chi connectivity index (χ1) is 12.9. The highest BCUT2D eigenvalue weighted by Gasteiger charge is 2.16. The number of carbonyl (C=O) groups is 1. The Balaban J connectivity index is 1.76. The fraction of sp³-hybridized carbons (Fsp3) is 0.167. The number of nitrogens with zero attached hydrogens (tertiary/aromatic N) is 4. The quantitative estimate of drug-likeness (QED) is 0.639. The van der Waals surface area contributed by atoms with Crippen LogP contribution in [0.4, 0.5) is 11.9 Å². The number of hydrogen-bond donors (Lipinski definition) is 2. The minimum absolute atomic E-state index is 0.0269. The fourth-order valence-electron chi connectivity index (χ4n) is 2.25. The summed E-state index contributed by atoms with van der Waals surface area (Å²) in [4.78, 5) is 29.3. The standard InChI is InChI=1S/C18H18N6O2S/c1-10-5-6-12(8-11(10)2)27-15-13(4-3-7-21-15)16(25)26-9-14-22-17(19)24-18(20)23-14/h3-8H,9H2,1-2H3,(H4,19,20,22,23,24). The predicted octanol–water partition coefficient (Wildman–Crippen LogP) is 2.56. The highest BCUT2D eigenvalue weighted by molar-refractivity contribution is 7.99. The molecule has 0 amide bonds. The van der Waals surface area contributed by atoms with Crippen LogP contribution >= 0.6 is 11.8 Å². The second-order valence-electron chi connectivity index (χ2n) is 5.75. The Morgan fingerprint density at radius 3 is 2.52 bits per heavy atom. The molecule has 0 atom stereocenters. The molecule has 3 rings (SSSR count). The number of nitrogen functional groups attached to an aromatic ring is 2. The zero-order valence-corrected chi connectivity index (χ0v) is 15.7. The van der Waals surface area contributed by atoms with Crippen LogP contribution < -0.4 is 11.5 Å². The molecule has 0 bridgehead atoms. The molecule has 4 N–H and O–H groups in total. The lowest BCUT2D eigenvalue weighted by molar-refractivity contribution is 0.0457. The SMILES string of the molecule is Cc1ccc(Sc2ncccc2C(=O)OCc2nc(N)nc(N)n2)cc1C. The summed E-state index contributed by atoms with van der Waals surface area (Å²) in [5.41, 5.74) is 13.8. The van der Waals surface area contributed by atoms with E-state index >= 15 is 0 Å². The van der Waals surface area contributed by atoms with E-state index in [4.69, 9.17) is 16.2 Å². The molecule has 0 radical (unpaired) electrons. The van der Waals surface area contributed by atoms with Crippen LogP contribution in [0.2, 0.25) is 0 Å². The second kappa shape index (κ2) is 8.00. The molecule has 0 aliphatic rings. The zero-order chi connectivity index (χ0) is 19.4. The molecule has 0 saturated heterocycles. The Hall–Kier alpha value is -3.20. The molecule has 0 saturated carbocycles. The maximum atomic E-state index is 12.5. The van der Waals surface area contributed by atoms with Gasteiger partial charge in [-0.15, -0.1) is 0 Å². The smallest absolute Gasteiger partial charge is 0.341 e.